The van der Waals surface area contributed by atoms with E-state index in [9.17, 15) is 0 Å². The third kappa shape index (κ3) is 5.74. The maximum Gasteiger partial charge on any atom is 0.184 e. The van der Waals surface area contributed by atoms with Crippen molar-refractivity contribution in [2.45, 2.75) is 77.1 Å². The van der Waals surface area contributed by atoms with Crippen LogP contribution in [0.2, 0.25) is 19.6 Å². The average molecular weight is 252 g/mol. The second-order valence-electron chi connectivity index (χ2n) is 6.73. The van der Waals surface area contributed by atoms with Gasteiger partial charge >= 0.3 is 0 Å². The molecule has 1 fully saturated rings. The quantitative estimate of drug-likeness (QED) is 0.496. The van der Waals surface area contributed by atoms with Crippen molar-refractivity contribution in [3.8, 4) is 12.3 Å². The van der Waals surface area contributed by atoms with E-state index in [0.717, 1.165) is 18.8 Å². The Morgan fingerprint density at radius 3 is 2.35 bits per heavy atom. The summed E-state index contributed by atoms with van der Waals surface area (Å²) in [6.07, 6.45) is 14.4. The zero-order chi connectivity index (χ0) is 12.9. The predicted molar refractivity (Wildman–Crippen MR) is 77.5 cm³/mol. The Morgan fingerprint density at radius 2 is 1.88 bits per heavy atom. The molecule has 98 valence electrons. The lowest BCUT2D eigenvalue weighted by Crippen LogP contribution is -2.40. The number of terminal acetylenes is 1. The minimum atomic E-state index is -1.50. The van der Waals surface area contributed by atoms with Crippen LogP contribution < -0.4 is 0 Å². The molecule has 17 heavy (non-hydrogen) atoms. The van der Waals surface area contributed by atoms with Crippen molar-refractivity contribution in [3.63, 3.8) is 0 Å². The third-order valence-corrected chi connectivity index (χ3v) is 4.69. The topological polar surface area (TPSA) is 9.23 Å². The van der Waals surface area contributed by atoms with Crippen molar-refractivity contribution in [2.75, 3.05) is 0 Å². The molecule has 1 aliphatic carbocycles. The molecule has 0 unspecified atom stereocenters. The van der Waals surface area contributed by atoms with Crippen LogP contribution in [0.1, 0.15) is 51.9 Å². The number of hydrogen-bond donors (Lipinski definition) is 0. The summed E-state index contributed by atoms with van der Waals surface area (Å²) in [5, 5.41) is 0. The standard InChI is InChI=1S/C15H28OSi/c1-6-12-15(2,16-17(3,4)5)13-11-14-9-7-8-10-14/h1,14H,7-13H2,2-5H3/t15-/m1/s1. The van der Waals surface area contributed by atoms with Crippen molar-refractivity contribution < 1.29 is 4.43 Å². The fraction of sp³-hybridized carbons (Fsp3) is 0.867. The minimum absolute atomic E-state index is 0.0815. The molecule has 2 heteroatoms. The Morgan fingerprint density at radius 1 is 1.29 bits per heavy atom. The van der Waals surface area contributed by atoms with Crippen LogP contribution >= 0.6 is 0 Å². The summed E-state index contributed by atoms with van der Waals surface area (Å²) in [4.78, 5) is 0. The maximum absolute atomic E-state index is 6.32. The predicted octanol–water partition coefficient (Wildman–Crippen LogP) is 4.59. The number of rotatable bonds is 6. The Balaban J connectivity index is 2.48. The van der Waals surface area contributed by atoms with E-state index < -0.39 is 8.32 Å². The highest BCUT2D eigenvalue weighted by atomic mass is 28.4. The monoisotopic (exact) mass is 252 g/mol. The third-order valence-electron chi connectivity index (χ3n) is 3.58. The van der Waals surface area contributed by atoms with Gasteiger partial charge in [-0.05, 0) is 45.3 Å². The van der Waals surface area contributed by atoms with Crippen molar-refractivity contribution in [3.05, 3.63) is 0 Å². The summed E-state index contributed by atoms with van der Waals surface area (Å²) in [6, 6.07) is 0. The summed E-state index contributed by atoms with van der Waals surface area (Å²) in [7, 11) is -1.50. The van der Waals surface area contributed by atoms with E-state index in [2.05, 4.69) is 32.5 Å². The lowest BCUT2D eigenvalue weighted by Gasteiger charge is -2.36. The number of hydrogen-bond acceptors (Lipinski definition) is 1. The van der Waals surface area contributed by atoms with Crippen molar-refractivity contribution in [1.82, 2.24) is 0 Å². The lowest BCUT2D eigenvalue weighted by molar-refractivity contribution is 0.0689. The second kappa shape index (κ2) is 6.07. The van der Waals surface area contributed by atoms with Crippen LogP contribution in [-0.4, -0.2) is 13.9 Å². The van der Waals surface area contributed by atoms with E-state index in [0.29, 0.717) is 0 Å². The first-order chi connectivity index (χ1) is 7.85. The molecule has 0 heterocycles. The van der Waals surface area contributed by atoms with Crippen LogP contribution in [0, 0.1) is 18.3 Å². The highest BCUT2D eigenvalue weighted by molar-refractivity contribution is 6.69. The van der Waals surface area contributed by atoms with Crippen molar-refractivity contribution in [1.29, 1.82) is 0 Å². The van der Waals surface area contributed by atoms with Crippen molar-refractivity contribution in [2.24, 2.45) is 5.92 Å². The molecule has 0 spiro atoms. The van der Waals surface area contributed by atoms with E-state index in [-0.39, 0.29) is 5.60 Å². The van der Waals surface area contributed by atoms with Gasteiger partial charge in [-0.15, -0.1) is 12.3 Å². The van der Waals surface area contributed by atoms with E-state index >= 15 is 0 Å². The maximum atomic E-state index is 6.32. The molecule has 1 aliphatic rings. The molecule has 0 saturated heterocycles. The SMILES string of the molecule is C#CC[C@](C)(CCC1CCCC1)O[Si](C)(C)C. The first-order valence-corrected chi connectivity index (χ1v) is 10.4. The van der Waals surface area contributed by atoms with Gasteiger partial charge in [0.25, 0.3) is 0 Å². The first-order valence-electron chi connectivity index (χ1n) is 6.98. The van der Waals surface area contributed by atoms with Gasteiger partial charge in [-0.3, -0.25) is 0 Å². The lowest BCUT2D eigenvalue weighted by atomic mass is 9.91. The fourth-order valence-electron chi connectivity index (χ4n) is 2.94. The van der Waals surface area contributed by atoms with Gasteiger partial charge < -0.3 is 4.43 Å². The largest absolute Gasteiger partial charge is 0.411 e. The smallest absolute Gasteiger partial charge is 0.184 e. The van der Waals surface area contributed by atoms with Crippen LogP contribution in [0.5, 0.6) is 0 Å². The molecule has 0 bridgehead atoms. The van der Waals surface area contributed by atoms with Crippen molar-refractivity contribution >= 4 is 8.32 Å². The van der Waals surface area contributed by atoms with Crippen LogP contribution in [0.3, 0.4) is 0 Å². The van der Waals surface area contributed by atoms with Crippen LogP contribution in [-0.2, 0) is 4.43 Å². The summed E-state index contributed by atoms with van der Waals surface area (Å²) >= 11 is 0. The van der Waals surface area contributed by atoms with Gasteiger partial charge in [-0.2, -0.15) is 0 Å². The molecule has 0 N–H and O–H groups in total. The van der Waals surface area contributed by atoms with Gasteiger partial charge in [0.05, 0.1) is 5.60 Å². The van der Waals surface area contributed by atoms with Gasteiger partial charge in [0.15, 0.2) is 8.32 Å². The molecule has 1 rings (SSSR count). The van der Waals surface area contributed by atoms with E-state index in [1.165, 1.54) is 32.1 Å². The fourth-order valence-corrected chi connectivity index (χ4v) is 4.59. The molecule has 0 aromatic carbocycles. The molecule has 0 aliphatic heterocycles. The van der Waals surface area contributed by atoms with Crippen LogP contribution in [0.4, 0.5) is 0 Å². The van der Waals surface area contributed by atoms with Crippen LogP contribution in [0.15, 0.2) is 0 Å². The molecule has 1 saturated carbocycles. The molecular weight excluding hydrogens is 224 g/mol. The van der Waals surface area contributed by atoms with Gasteiger partial charge in [0.2, 0.25) is 0 Å². The Bertz CT molecular complexity index is 268. The summed E-state index contributed by atoms with van der Waals surface area (Å²) in [5.41, 5.74) is -0.0815. The highest BCUT2D eigenvalue weighted by Crippen LogP contribution is 2.34. The minimum Gasteiger partial charge on any atom is -0.411 e. The summed E-state index contributed by atoms with van der Waals surface area (Å²) in [5.74, 6) is 3.73. The van der Waals surface area contributed by atoms with E-state index in [4.69, 9.17) is 10.8 Å². The van der Waals surface area contributed by atoms with Gasteiger partial charge in [-0.1, -0.05) is 25.7 Å². The second-order valence-corrected chi connectivity index (χ2v) is 11.2. The van der Waals surface area contributed by atoms with Gasteiger partial charge in [0, 0.05) is 6.42 Å². The van der Waals surface area contributed by atoms with Gasteiger partial charge in [0.1, 0.15) is 0 Å². The summed E-state index contributed by atoms with van der Waals surface area (Å²) < 4.78 is 6.32. The molecular formula is C15H28OSi. The Labute approximate surface area is 108 Å². The average Bonchev–Trinajstić information content (AvgIpc) is 2.64. The normalized spacial score (nSPS) is 21.1. The highest BCUT2D eigenvalue weighted by Gasteiger charge is 2.31. The molecule has 0 aromatic heterocycles. The van der Waals surface area contributed by atoms with Crippen LogP contribution in [0.25, 0.3) is 0 Å². The zero-order valence-electron chi connectivity index (χ0n) is 12.0. The molecule has 0 radical (unpaired) electrons. The molecule has 0 aromatic rings. The van der Waals surface area contributed by atoms with Gasteiger partial charge in [-0.25, -0.2) is 0 Å². The van der Waals surface area contributed by atoms with E-state index in [1.54, 1.807) is 0 Å². The first kappa shape index (κ1) is 14.8. The summed E-state index contributed by atoms with van der Waals surface area (Å²) in [6.45, 7) is 8.95. The molecule has 0 amide bonds. The zero-order valence-corrected chi connectivity index (χ0v) is 13.0. The van der Waals surface area contributed by atoms with E-state index in [1.807, 2.05) is 0 Å². The molecule has 1 atom stereocenters. The Hall–Kier alpha value is -0.263. The Kier molecular flexibility index (Phi) is 5.28. The molecule has 1 nitrogen and oxygen atoms in total.